The minimum absolute atomic E-state index is 0.0377. The Morgan fingerprint density at radius 2 is 1.00 bits per heavy atom. The van der Waals surface area contributed by atoms with Gasteiger partial charge in [0, 0.05) is 22.3 Å². The molecule has 0 spiro atoms. The van der Waals surface area contributed by atoms with Crippen molar-refractivity contribution in [2.24, 2.45) is 17.2 Å². The fourth-order valence-electron chi connectivity index (χ4n) is 3.86. The molecule has 0 radical (unpaired) electrons. The van der Waals surface area contributed by atoms with Crippen molar-refractivity contribution in [3.8, 4) is 17.3 Å². The Balaban J connectivity index is -0.000000673. The summed E-state index contributed by atoms with van der Waals surface area (Å²) in [6.45, 7) is 16.0. The molecule has 12 nitrogen and oxygen atoms in total. The maximum atomic E-state index is 11.4. The van der Waals surface area contributed by atoms with E-state index in [0.29, 0.717) is 32.4 Å². The molecule has 59 heavy (non-hydrogen) atoms. The summed E-state index contributed by atoms with van der Waals surface area (Å²) in [5, 5.41) is 8.58. The minimum Gasteiger partial charge on any atom is -0.375 e. The molecule has 316 valence electrons. The van der Waals surface area contributed by atoms with Crippen LogP contribution in [0, 0.1) is 11.3 Å². The van der Waals surface area contributed by atoms with Gasteiger partial charge in [0.25, 0.3) is 5.91 Å². The summed E-state index contributed by atoms with van der Waals surface area (Å²) < 4.78 is 0. The average Bonchev–Trinajstić information content (AvgIpc) is 3.69. The van der Waals surface area contributed by atoms with Crippen molar-refractivity contribution in [2.75, 3.05) is 5.73 Å². The van der Waals surface area contributed by atoms with Crippen LogP contribution in [-0.4, -0.2) is 44.9 Å². The zero-order chi connectivity index (χ0) is 45.8. The first-order valence-electron chi connectivity index (χ1n) is 18.8. The van der Waals surface area contributed by atoms with Crippen LogP contribution in [0.15, 0.2) is 121 Å². The maximum absolute atomic E-state index is 11.4. The lowest BCUT2D eigenvalue weighted by molar-refractivity contribution is -0.117. The third-order valence-electron chi connectivity index (χ3n) is 6.22. The topological polar surface area (TPSA) is 243 Å². The number of halogens is 1. The molecule has 0 saturated carbocycles. The molecule has 8 N–H and O–H groups in total. The molecule has 0 aliphatic heterocycles. The number of nitrogen functional groups attached to an aromatic ring is 1. The van der Waals surface area contributed by atoms with Crippen molar-refractivity contribution in [1.82, 2.24) is 4.98 Å². The second kappa shape index (κ2) is 36.1. The predicted octanol–water partition coefficient (Wildman–Crippen LogP) is 9.24. The molecule has 0 aliphatic rings. The van der Waals surface area contributed by atoms with E-state index in [-0.39, 0.29) is 30.2 Å². The largest absolute Gasteiger partial charge is 0.375 e. The van der Waals surface area contributed by atoms with Gasteiger partial charge in [-0.1, -0.05) is 204 Å². The van der Waals surface area contributed by atoms with Crippen LogP contribution in [0.25, 0.3) is 11.3 Å². The molecule has 5 aromatic rings. The predicted molar refractivity (Wildman–Crippen MR) is 244 cm³/mol. The summed E-state index contributed by atoms with van der Waals surface area (Å²) in [7, 11) is 0. The van der Waals surface area contributed by atoms with Crippen molar-refractivity contribution in [3.63, 3.8) is 0 Å². The lowest BCUT2D eigenvalue weighted by atomic mass is 10.1. The first kappa shape index (κ1) is 57.0. The molecule has 4 aromatic carbocycles. The molecule has 5 rings (SSSR count). The number of nitrogens with zero attached hydrogens (tertiary/aromatic N) is 2. The van der Waals surface area contributed by atoms with Gasteiger partial charge in [0.05, 0.1) is 24.6 Å². The van der Waals surface area contributed by atoms with E-state index in [9.17, 15) is 28.8 Å². The van der Waals surface area contributed by atoms with Crippen molar-refractivity contribution >= 4 is 67.5 Å². The van der Waals surface area contributed by atoms with Crippen LogP contribution < -0.4 is 22.9 Å². The maximum Gasteiger partial charge on any atom is 0.261 e. The first-order chi connectivity index (χ1) is 28.3. The highest BCUT2D eigenvalue weighted by Crippen LogP contribution is 2.28. The number of anilines is 1. The third-order valence-corrected chi connectivity index (χ3v) is 7.99. The number of ketones is 3. The van der Waals surface area contributed by atoms with Crippen molar-refractivity contribution < 1.29 is 28.8 Å². The van der Waals surface area contributed by atoms with Crippen molar-refractivity contribution in [1.29, 1.82) is 5.26 Å². The van der Waals surface area contributed by atoms with Gasteiger partial charge in [-0.2, -0.15) is 5.26 Å². The summed E-state index contributed by atoms with van der Waals surface area (Å²) in [6, 6.07) is 37.1. The molecule has 3 amide bonds. The number of aromatic nitrogens is 1. The minimum atomic E-state index is -0.935. The van der Waals surface area contributed by atoms with Crippen LogP contribution in [0.2, 0.25) is 0 Å². The normalized spacial score (nSPS) is 9.15. The van der Waals surface area contributed by atoms with E-state index < -0.39 is 22.5 Å². The molecule has 14 heteroatoms. The Hall–Kier alpha value is -6.30. The number of carbonyl (C=O) groups is 6. The second-order valence-electron chi connectivity index (χ2n) is 10.0. The number of thiazole rings is 1. The van der Waals surface area contributed by atoms with Crippen LogP contribution in [0.3, 0.4) is 0 Å². The van der Waals surface area contributed by atoms with E-state index in [4.69, 9.17) is 28.2 Å². The fraction of sp³-hybridized carbons (Fsp3) is 0.244. The highest BCUT2D eigenvalue weighted by atomic mass is 79.9. The number of benzene rings is 4. The molecule has 0 aliphatic carbocycles. The standard InChI is InChI=1S/C10H9N3OS.C9H8BrNO2.C9H9NO2.C9H7NO.4C2H6/c11-9(14)8-7(13-10(12)15-8)6-4-2-1-3-5-6;10-7(9(11)13)8(12)6-4-2-1-3-5-6;10-9(12)6-8(11)7-4-2-1-3-5-7;10-7-6-9(11)8-4-2-1-3-5-8;4*1-2/h1-5H,(H2,11,14)(H2,12,13);1-5,7H,(H2,11,13);1-5H,6H2,(H2,10,12);1-5H,6H2;4*1-2H3. The van der Waals surface area contributed by atoms with Gasteiger partial charge in [0.15, 0.2) is 27.3 Å². The SMILES string of the molecule is CC.CC.CC.CC.N#CCC(=O)c1ccccc1.NC(=O)C(Br)C(=O)c1ccccc1.NC(=O)CC(=O)c1ccccc1.NC(=O)c1sc(N)nc1-c1ccccc1. The van der Waals surface area contributed by atoms with Crippen LogP contribution in [0.1, 0.15) is 109 Å². The monoisotopic (exact) mass is 888 g/mol. The first-order valence-corrected chi connectivity index (χ1v) is 20.5. The lowest BCUT2D eigenvalue weighted by Crippen LogP contribution is -2.30. The molecular weight excluding hydrogens is 833 g/mol. The van der Waals surface area contributed by atoms with Crippen molar-refractivity contribution in [3.05, 3.63) is 143 Å². The van der Waals surface area contributed by atoms with E-state index >= 15 is 0 Å². The lowest BCUT2D eigenvalue weighted by Gasteiger charge is -2.03. The number of amides is 3. The Morgan fingerprint density at radius 3 is 1.36 bits per heavy atom. The number of nitrogens with two attached hydrogens (primary N) is 4. The Morgan fingerprint density at radius 1 is 0.627 bits per heavy atom. The molecule has 1 aromatic heterocycles. The summed E-state index contributed by atoms with van der Waals surface area (Å²) in [5.74, 6) is -2.43. The molecule has 1 atom stereocenters. The third kappa shape index (κ3) is 24.2. The zero-order valence-electron chi connectivity index (χ0n) is 35.0. The molecule has 0 saturated heterocycles. The van der Waals surface area contributed by atoms with Gasteiger partial charge >= 0.3 is 0 Å². The van der Waals surface area contributed by atoms with Crippen molar-refractivity contribution in [2.45, 2.75) is 73.1 Å². The summed E-state index contributed by atoms with van der Waals surface area (Å²) in [6.07, 6.45) is -0.256. The number of primary amides is 3. The van der Waals surface area contributed by atoms with E-state index in [1.807, 2.05) is 97.9 Å². The second-order valence-corrected chi connectivity index (χ2v) is 12.0. The highest BCUT2D eigenvalue weighted by Gasteiger charge is 2.21. The summed E-state index contributed by atoms with van der Waals surface area (Å²) >= 11 is 4.03. The molecule has 1 heterocycles. The molecule has 0 bridgehead atoms. The number of carbonyl (C=O) groups excluding carboxylic acids is 6. The van der Waals surface area contributed by atoms with E-state index in [1.54, 1.807) is 84.9 Å². The van der Waals surface area contributed by atoms with Crippen LogP contribution in [0.4, 0.5) is 5.13 Å². The van der Waals surface area contributed by atoms with Gasteiger partial charge in [-0.15, -0.1) is 0 Å². The van der Waals surface area contributed by atoms with Crippen LogP contribution in [0.5, 0.6) is 0 Å². The number of alkyl halides is 1. The van der Waals surface area contributed by atoms with E-state index in [0.717, 1.165) is 16.9 Å². The van der Waals surface area contributed by atoms with Gasteiger partial charge in [-0.05, 0) is 0 Å². The quantitative estimate of drug-likeness (QED) is 0.0592. The van der Waals surface area contributed by atoms with Gasteiger partial charge in [0.2, 0.25) is 11.8 Å². The Labute approximate surface area is 361 Å². The van der Waals surface area contributed by atoms with Crippen LogP contribution >= 0.6 is 27.3 Å². The number of nitriles is 1. The zero-order valence-corrected chi connectivity index (χ0v) is 37.4. The summed E-state index contributed by atoms with van der Waals surface area (Å²) in [4.78, 5) is 69.4. The van der Waals surface area contributed by atoms with E-state index in [2.05, 4.69) is 20.9 Å². The van der Waals surface area contributed by atoms with Gasteiger partial charge < -0.3 is 22.9 Å². The van der Waals surface area contributed by atoms with E-state index in [1.165, 1.54) is 0 Å². The molecular formula is C45H57BrN6O6S. The summed E-state index contributed by atoms with van der Waals surface area (Å²) in [5.41, 5.74) is 23.6. The Kier molecular flexibility index (Phi) is 34.9. The number of hydrogen-bond donors (Lipinski definition) is 4. The Bertz CT molecular complexity index is 1970. The number of rotatable bonds is 10. The molecule has 1 unspecified atom stereocenters. The smallest absolute Gasteiger partial charge is 0.261 e. The van der Waals surface area contributed by atoms with Gasteiger partial charge in [-0.3, -0.25) is 28.8 Å². The highest BCUT2D eigenvalue weighted by molar-refractivity contribution is 9.10. The fourth-order valence-corrected chi connectivity index (χ4v) is 4.83. The molecule has 0 fully saturated rings. The van der Waals surface area contributed by atoms with Crippen LogP contribution in [-0.2, 0) is 9.59 Å². The number of hydrogen-bond acceptors (Lipinski definition) is 10. The van der Waals surface area contributed by atoms with Gasteiger partial charge in [0.1, 0.15) is 4.88 Å². The average molecular weight is 890 g/mol. The number of Topliss-reactive ketones (excluding diaryl/α,β-unsaturated/α-hetero) is 3. The van der Waals surface area contributed by atoms with Gasteiger partial charge in [-0.25, -0.2) is 4.98 Å².